The topological polar surface area (TPSA) is 357 Å². The van der Waals surface area contributed by atoms with Crippen LogP contribution in [0.5, 0.6) is 0 Å². The van der Waals surface area contributed by atoms with Gasteiger partial charge in [0, 0.05) is 168 Å². The number of sulfone groups is 1. The van der Waals surface area contributed by atoms with E-state index in [1.54, 1.807) is 34.4 Å². The molecule has 3 aliphatic heterocycles. The number of rotatable bonds is 32. The van der Waals surface area contributed by atoms with Crippen LogP contribution < -0.4 is 0 Å². The second-order valence-electron chi connectivity index (χ2n) is 34.4. The van der Waals surface area contributed by atoms with Crippen LogP contribution in [0.15, 0.2) is 134 Å². The summed E-state index contributed by atoms with van der Waals surface area (Å²) in [5.41, 5.74) is 8.93. The van der Waals surface area contributed by atoms with Gasteiger partial charge in [0.05, 0.1) is 72.5 Å². The number of nitrogens with one attached hydrogen (secondary N) is 2. The molecule has 2 N–H and O–H groups in total. The normalized spacial score (nSPS) is 16.6. The first-order valence-electron chi connectivity index (χ1n) is 41.1. The maximum absolute atomic E-state index is 12.7. The highest BCUT2D eigenvalue weighted by Crippen LogP contribution is 2.45. The molecule has 4 fully saturated rings. The van der Waals surface area contributed by atoms with Gasteiger partial charge in [-0.15, -0.1) is 0 Å². The van der Waals surface area contributed by atoms with Gasteiger partial charge in [-0.05, 0) is 136 Å². The molecular weight excluding hydrogens is 1690 g/mol. The molecule has 0 spiro atoms. The molecule has 660 valence electrons. The first-order chi connectivity index (χ1) is 57.7. The molecular formula is C84H118ClN19O12S4Si2. The molecule has 0 aromatic carbocycles. The first kappa shape index (κ1) is 98.2. The SMILES string of the molecule is CCCCS(=O)(=O)Cl.CCCCS(=O)(=O)N1CC(CC#N)(n2cc(-c3ccnc4[nH]ccc34)cn2)C1.C[Si](C)(C)CCOCn1ccc2c(-c3cn[nH]c3)ccnc21.[C-]#[N+]C=C1CN(C(=O)OC(C)(C)C)C1.[C-]#[N+]C=C1CN(S(=O)(=O)CCCC)C1.[C-]#[N+]CC1(n2cc(-c3ccnc4c3ccn4COCC[Si](C)(C)C)cn2)CC(S(=O)(=O)CCCC)C1. The van der Waals surface area contributed by atoms with Crippen LogP contribution in [0.1, 0.15) is 119 Å². The second-order valence-corrected chi connectivity index (χ2v) is 55.1. The van der Waals surface area contributed by atoms with Crippen molar-refractivity contribution in [3.05, 3.63) is 169 Å². The smallest absolute Gasteiger partial charge is 0.410 e. The maximum Gasteiger partial charge on any atom is 0.410 e. The lowest BCUT2D eigenvalue weighted by Crippen LogP contribution is -2.64. The Hall–Kier alpha value is -9.23. The number of carbonyl (C=O) groups excluding carboxylic acids is 1. The number of halogens is 1. The predicted octanol–water partition coefficient (Wildman–Crippen LogP) is 16.1. The number of pyridine rings is 3. The fourth-order valence-corrected chi connectivity index (χ4v) is 21.5. The lowest BCUT2D eigenvalue weighted by molar-refractivity contribution is 0.0214. The molecule has 13 rings (SSSR count). The number of likely N-dealkylation sites (tertiary alicyclic amines) is 1. The summed E-state index contributed by atoms with van der Waals surface area (Å²) in [4.78, 5) is 39.3. The van der Waals surface area contributed by atoms with Crippen molar-refractivity contribution in [1.29, 1.82) is 5.26 Å². The van der Waals surface area contributed by atoms with E-state index in [2.05, 4.69) is 111 Å². The van der Waals surface area contributed by atoms with Crippen molar-refractivity contribution in [2.45, 2.75) is 206 Å². The molecule has 31 nitrogen and oxygen atoms in total. The molecule has 3 saturated heterocycles. The zero-order valence-electron chi connectivity index (χ0n) is 72.4. The van der Waals surface area contributed by atoms with Crippen molar-refractivity contribution in [3.63, 3.8) is 0 Å². The van der Waals surface area contributed by atoms with Crippen LogP contribution in [0.2, 0.25) is 51.4 Å². The third-order valence-electron chi connectivity index (χ3n) is 20.8. The van der Waals surface area contributed by atoms with Crippen LogP contribution in [0.3, 0.4) is 0 Å². The van der Waals surface area contributed by atoms with Gasteiger partial charge in [0.25, 0.3) is 0 Å². The number of ether oxygens (including phenoxy) is 3. The Balaban J connectivity index is 0.000000193. The Labute approximate surface area is 726 Å². The van der Waals surface area contributed by atoms with Gasteiger partial charge in [0.15, 0.2) is 22.2 Å². The predicted molar refractivity (Wildman–Crippen MR) is 485 cm³/mol. The van der Waals surface area contributed by atoms with E-state index >= 15 is 0 Å². The van der Waals surface area contributed by atoms with Crippen LogP contribution >= 0.6 is 10.7 Å². The molecule has 0 bridgehead atoms. The number of sulfonamides is 2. The number of aromatic amines is 2. The van der Waals surface area contributed by atoms with E-state index in [1.807, 2.05) is 138 Å². The molecule has 1 amide bonds. The van der Waals surface area contributed by atoms with Gasteiger partial charge in [-0.2, -0.15) is 29.2 Å². The fraction of sp³-hybridized carbons (Fsp3) is 0.536. The standard InChI is InChI=1S/C26H37N5O3SSi.C19H22N6O2S.C16H22N4OSi.C10H14N2O2.C9H14N2O2S.C4H9ClO2S/c1-6-7-13-35(32,33)22-15-26(16-22,19-27-2)31-18-21(17-29-31)23-8-10-28-25-24(23)9-11-30(25)20-34-12-14-36(3,4)5;1-2-3-10-28(26,27)24-13-19(14-24,6-7-20)25-12-15(11-23-25)16-4-8-21-18-17(16)5-9-22-18;1-22(2,3)9-8-21-12-20-7-5-15-14(4-6-17-16(15)20)13-10-18-19-11-13;1-10(2,3)14-9(13)12-6-8(7-12)5-11-4;1-3-4-5-14(12,13)11-7-9(8-11)6-10-2;1-2-3-4-8(5,6)7/h8-11,17-18,22H,6-7,12-16,19-20H2,1,3-5H3;4-5,8-9,11-12H,2-3,6,10,13-14H2,1H3,(H,21,22);4-7,10-11H,8-9,12H2,1-3H3,(H,18,19);5H,6-7H2,1-3H3;6H,3-5,7-8H2,1H3;2-4H2,1H3. The van der Waals surface area contributed by atoms with E-state index in [0.29, 0.717) is 78.2 Å². The zero-order valence-corrected chi connectivity index (χ0v) is 78.5. The van der Waals surface area contributed by atoms with Gasteiger partial charge in [0.2, 0.25) is 35.6 Å². The Morgan fingerprint density at radius 1 is 0.631 bits per heavy atom. The Morgan fingerprint density at radius 2 is 1.11 bits per heavy atom. The number of hydrogen-bond acceptors (Lipinski definition) is 19. The van der Waals surface area contributed by atoms with E-state index in [4.69, 9.17) is 44.6 Å². The monoisotopic (exact) mass is 1800 g/mol. The lowest BCUT2D eigenvalue weighted by atomic mass is 9.76. The molecule has 122 heavy (non-hydrogen) atoms. The minimum absolute atomic E-state index is 0.102. The van der Waals surface area contributed by atoms with Gasteiger partial charge in [-0.1, -0.05) is 92.7 Å². The lowest BCUT2D eigenvalue weighted by Gasteiger charge is -2.47. The van der Waals surface area contributed by atoms with Crippen LogP contribution in [0, 0.1) is 31.0 Å². The van der Waals surface area contributed by atoms with Crippen molar-refractivity contribution in [1.82, 2.24) is 72.3 Å². The van der Waals surface area contributed by atoms with Crippen LogP contribution in [0.25, 0.3) is 81.0 Å². The van der Waals surface area contributed by atoms with E-state index in [9.17, 15) is 43.7 Å². The average molecular weight is 1810 g/mol. The summed E-state index contributed by atoms with van der Waals surface area (Å²) in [5, 5.41) is 28.0. The van der Waals surface area contributed by atoms with Crippen molar-refractivity contribution >= 4 is 105 Å². The molecule has 0 atom stereocenters. The minimum atomic E-state index is -3.28. The second kappa shape index (κ2) is 43.9. The van der Waals surface area contributed by atoms with Crippen molar-refractivity contribution < 1.29 is 52.7 Å². The summed E-state index contributed by atoms with van der Waals surface area (Å²) in [5.74, 6) is 0.708. The highest BCUT2D eigenvalue weighted by Gasteiger charge is 2.54. The zero-order chi connectivity index (χ0) is 89.3. The molecule has 4 aliphatic rings. The van der Waals surface area contributed by atoms with E-state index in [1.165, 1.54) is 27.1 Å². The molecule has 0 radical (unpaired) electrons. The number of nitriles is 1. The maximum atomic E-state index is 12.7. The molecule has 9 aromatic heterocycles. The number of H-pyrrole nitrogens is 2. The molecule has 0 unspecified atom stereocenters. The summed E-state index contributed by atoms with van der Waals surface area (Å²) in [6.45, 7) is 53.4. The highest BCUT2D eigenvalue weighted by atomic mass is 35.7. The number of fused-ring (bicyclic) bond motifs is 3. The summed E-state index contributed by atoms with van der Waals surface area (Å²) in [6.07, 6.45) is 32.2. The Morgan fingerprint density at radius 3 is 1.57 bits per heavy atom. The molecule has 1 aliphatic carbocycles. The van der Waals surface area contributed by atoms with E-state index in [0.717, 1.165) is 123 Å². The quantitative estimate of drug-likeness (QED) is 0.0171. The van der Waals surface area contributed by atoms with Gasteiger partial charge in [-0.3, -0.25) is 14.5 Å². The summed E-state index contributed by atoms with van der Waals surface area (Å²) in [6, 6.07) is 16.5. The third-order valence-corrected chi connectivity index (χ3v) is 31.3. The van der Waals surface area contributed by atoms with E-state index < -0.39 is 71.8 Å². The summed E-state index contributed by atoms with van der Waals surface area (Å²) >= 11 is 0. The number of nitrogens with zero attached hydrogens (tertiary/aromatic N) is 17. The first-order valence-corrected chi connectivity index (χ1v) is 55.9. The Kier molecular flexibility index (Phi) is 35.3. The van der Waals surface area contributed by atoms with Crippen molar-refractivity contribution in [2.24, 2.45) is 0 Å². The number of unbranched alkanes of at least 4 members (excludes halogenated alkanes) is 4. The molecule has 38 heteroatoms. The number of carbonyl (C=O) groups is 1. The number of hydrogen-bond donors (Lipinski definition) is 2. The van der Waals surface area contributed by atoms with Gasteiger partial charge < -0.3 is 38.1 Å². The highest BCUT2D eigenvalue weighted by molar-refractivity contribution is 8.13. The van der Waals surface area contributed by atoms with Gasteiger partial charge >= 0.3 is 6.09 Å². The molecule has 9 aromatic rings. The molecule has 12 heterocycles. The summed E-state index contributed by atoms with van der Waals surface area (Å²) < 4.78 is 121. The summed E-state index contributed by atoms with van der Waals surface area (Å²) in [7, 11) is -9.97. The molecule has 1 saturated carbocycles. The largest absolute Gasteiger partial charge is 0.444 e. The average Bonchev–Trinajstić information content (AvgIpc) is 1.43. The van der Waals surface area contributed by atoms with Crippen LogP contribution in [-0.2, 0) is 77.7 Å². The van der Waals surface area contributed by atoms with Gasteiger partial charge in [-0.25, -0.2) is 69.7 Å². The van der Waals surface area contributed by atoms with Crippen LogP contribution in [-0.4, -0.2) is 221 Å². The number of amides is 1. The Bertz CT molecular complexity index is 5670. The van der Waals surface area contributed by atoms with E-state index in [-0.39, 0.29) is 60.4 Å². The third kappa shape index (κ3) is 27.9. The van der Waals surface area contributed by atoms with Gasteiger partial charge in [0.1, 0.15) is 47.1 Å². The van der Waals surface area contributed by atoms with Crippen molar-refractivity contribution in [2.75, 3.05) is 82.0 Å². The van der Waals surface area contributed by atoms with Crippen molar-refractivity contribution in [3.8, 4) is 39.4 Å². The fourth-order valence-electron chi connectivity index (χ4n) is 13.5. The minimum Gasteiger partial charge on any atom is -0.444 e. The van der Waals surface area contributed by atoms with Crippen LogP contribution in [0.4, 0.5) is 4.79 Å². The number of aromatic nitrogens is 12.